The minimum atomic E-state index is -2.74. The van der Waals surface area contributed by atoms with Gasteiger partial charge in [-0.2, -0.15) is 0 Å². The van der Waals surface area contributed by atoms with Gasteiger partial charge in [0.05, 0.1) is 18.1 Å². The van der Waals surface area contributed by atoms with Gasteiger partial charge >= 0.3 is 5.97 Å². The lowest BCUT2D eigenvalue weighted by atomic mass is 10.1. The van der Waals surface area contributed by atoms with E-state index in [2.05, 4.69) is 9.72 Å². The van der Waals surface area contributed by atoms with Crippen LogP contribution in [0.25, 0.3) is 0 Å². The number of aromatic nitrogens is 1. The Morgan fingerprint density at radius 1 is 1.56 bits per heavy atom. The molecule has 0 radical (unpaired) electrons. The second kappa shape index (κ2) is 5.75. The molecule has 0 atom stereocenters. The lowest BCUT2D eigenvalue weighted by Gasteiger charge is -2.09. The second-order valence-corrected chi connectivity index (χ2v) is 3.38. The molecule has 1 aromatic heterocycles. The number of alkyl halides is 2. The highest BCUT2D eigenvalue weighted by atomic mass is 35.5. The van der Waals surface area contributed by atoms with Gasteiger partial charge in [0.2, 0.25) is 0 Å². The summed E-state index contributed by atoms with van der Waals surface area (Å²) in [5, 5.41) is -0.142. The van der Waals surface area contributed by atoms with Crippen molar-refractivity contribution in [3.05, 3.63) is 28.5 Å². The van der Waals surface area contributed by atoms with Crippen LogP contribution >= 0.6 is 11.6 Å². The van der Waals surface area contributed by atoms with E-state index in [1.807, 2.05) is 0 Å². The SMILES string of the molecule is CCOC(=O)Cc1cncc(Cl)c1C(F)F. The number of nitrogens with zero attached hydrogens (tertiary/aromatic N) is 1. The average Bonchev–Trinajstić information content (AvgIpc) is 2.17. The predicted octanol–water partition coefficient (Wildman–Crippen LogP) is 2.78. The number of pyridine rings is 1. The highest BCUT2D eigenvalue weighted by Crippen LogP contribution is 2.29. The number of rotatable bonds is 4. The molecule has 0 saturated carbocycles. The molecule has 0 amide bonds. The molecule has 88 valence electrons. The van der Waals surface area contributed by atoms with Gasteiger partial charge in [0.25, 0.3) is 6.43 Å². The maximum Gasteiger partial charge on any atom is 0.310 e. The van der Waals surface area contributed by atoms with Gasteiger partial charge in [0.1, 0.15) is 0 Å². The number of hydrogen-bond donors (Lipinski definition) is 0. The lowest BCUT2D eigenvalue weighted by molar-refractivity contribution is -0.142. The molecule has 0 saturated heterocycles. The Morgan fingerprint density at radius 3 is 2.81 bits per heavy atom. The fourth-order valence-corrected chi connectivity index (χ4v) is 1.50. The smallest absolute Gasteiger partial charge is 0.310 e. The Morgan fingerprint density at radius 2 is 2.25 bits per heavy atom. The molecule has 0 bridgehead atoms. The molecule has 6 heteroatoms. The Labute approximate surface area is 96.4 Å². The molecule has 0 aliphatic carbocycles. The molecule has 16 heavy (non-hydrogen) atoms. The van der Waals surface area contributed by atoms with Crippen LogP contribution in [0.4, 0.5) is 8.78 Å². The maximum atomic E-state index is 12.7. The zero-order valence-corrected chi connectivity index (χ0v) is 9.30. The van der Waals surface area contributed by atoms with E-state index in [4.69, 9.17) is 11.6 Å². The third-order valence-electron chi connectivity index (χ3n) is 1.88. The van der Waals surface area contributed by atoms with Crippen LogP contribution in [0.1, 0.15) is 24.5 Å². The van der Waals surface area contributed by atoms with E-state index in [0.29, 0.717) is 0 Å². The minimum absolute atomic E-state index is 0.0981. The molecule has 0 aliphatic heterocycles. The summed E-state index contributed by atoms with van der Waals surface area (Å²) in [6.45, 7) is 1.85. The summed E-state index contributed by atoms with van der Waals surface area (Å²) in [7, 11) is 0. The molecular formula is C10H10ClF2NO2. The Kier molecular flexibility index (Phi) is 4.61. The van der Waals surface area contributed by atoms with Crippen LogP contribution in [0.3, 0.4) is 0 Å². The first kappa shape index (κ1) is 12.8. The van der Waals surface area contributed by atoms with Gasteiger partial charge in [-0.3, -0.25) is 9.78 Å². The van der Waals surface area contributed by atoms with Crippen molar-refractivity contribution < 1.29 is 18.3 Å². The van der Waals surface area contributed by atoms with Crippen LogP contribution in [-0.4, -0.2) is 17.6 Å². The number of hydrogen-bond acceptors (Lipinski definition) is 3. The zero-order chi connectivity index (χ0) is 12.1. The summed E-state index contributed by atoms with van der Waals surface area (Å²) in [5.41, 5.74) is -0.259. The number of carbonyl (C=O) groups is 1. The number of halogens is 3. The molecule has 0 unspecified atom stereocenters. The minimum Gasteiger partial charge on any atom is -0.466 e. The first-order chi connectivity index (χ1) is 7.56. The Bertz CT molecular complexity index is 385. The third-order valence-corrected chi connectivity index (χ3v) is 2.18. The molecular weight excluding hydrogens is 240 g/mol. The monoisotopic (exact) mass is 249 g/mol. The van der Waals surface area contributed by atoms with E-state index in [9.17, 15) is 13.6 Å². The van der Waals surface area contributed by atoms with Gasteiger partial charge in [0.15, 0.2) is 0 Å². The van der Waals surface area contributed by atoms with Gasteiger partial charge in [-0.15, -0.1) is 0 Å². The molecule has 0 aliphatic rings. The van der Waals surface area contributed by atoms with Crippen molar-refractivity contribution in [1.82, 2.24) is 4.98 Å². The summed E-state index contributed by atoms with van der Waals surface area (Å²) in [6, 6.07) is 0. The van der Waals surface area contributed by atoms with Crippen molar-refractivity contribution in [3.8, 4) is 0 Å². The van der Waals surface area contributed by atoms with Crippen LogP contribution in [-0.2, 0) is 16.0 Å². The van der Waals surface area contributed by atoms with Crippen molar-refractivity contribution in [1.29, 1.82) is 0 Å². The van der Waals surface area contributed by atoms with E-state index in [1.54, 1.807) is 6.92 Å². The van der Waals surface area contributed by atoms with Crippen LogP contribution < -0.4 is 0 Å². The number of esters is 1. The molecule has 1 aromatic rings. The molecule has 1 heterocycles. The van der Waals surface area contributed by atoms with Crippen molar-refractivity contribution in [3.63, 3.8) is 0 Å². The van der Waals surface area contributed by atoms with Crippen LogP contribution in [0.5, 0.6) is 0 Å². The van der Waals surface area contributed by atoms with Gasteiger partial charge in [-0.1, -0.05) is 11.6 Å². The van der Waals surface area contributed by atoms with Gasteiger partial charge in [-0.25, -0.2) is 8.78 Å². The molecule has 0 fully saturated rings. The highest BCUT2D eigenvalue weighted by Gasteiger charge is 2.19. The fraction of sp³-hybridized carbons (Fsp3) is 0.400. The van der Waals surface area contributed by atoms with Crippen LogP contribution in [0.15, 0.2) is 12.4 Å². The topological polar surface area (TPSA) is 39.2 Å². The summed E-state index contributed by atoms with van der Waals surface area (Å²) < 4.78 is 30.0. The first-order valence-electron chi connectivity index (χ1n) is 4.62. The molecule has 3 nitrogen and oxygen atoms in total. The van der Waals surface area contributed by atoms with E-state index >= 15 is 0 Å². The lowest BCUT2D eigenvalue weighted by Crippen LogP contribution is -2.10. The van der Waals surface area contributed by atoms with Crippen molar-refractivity contribution in [2.24, 2.45) is 0 Å². The van der Waals surface area contributed by atoms with Crippen LogP contribution in [0.2, 0.25) is 5.02 Å². The number of ether oxygens (including phenoxy) is 1. The largest absolute Gasteiger partial charge is 0.466 e. The Balaban J connectivity index is 2.95. The molecule has 0 spiro atoms. The van der Waals surface area contributed by atoms with E-state index in [-0.39, 0.29) is 29.2 Å². The summed E-state index contributed by atoms with van der Waals surface area (Å²) in [5.74, 6) is -0.575. The predicted molar refractivity (Wildman–Crippen MR) is 54.5 cm³/mol. The summed E-state index contributed by atoms with van der Waals surface area (Å²) in [4.78, 5) is 14.8. The van der Waals surface area contributed by atoms with Gasteiger partial charge < -0.3 is 4.74 Å². The van der Waals surface area contributed by atoms with Crippen molar-refractivity contribution >= 4 is 17.6 Å². The fourth-order valence-electron chi connectivity index (χ4n) is 1.24. The molecule has 0 N–H and O–H groups in total. The quantitative estimate of drug-likeness (QED) is 0.771. The third kappa shape index (κ3) is 3.13. The summed E-state index contributed by atoms with van der Waals surface area (Å²) in [6.07, 6.45) is -0.664. The Hall–Kier alpha value is -1.23. The normalized spacial score (nSPS) is 10.6. The average molecular weight is 250 g/mol. The van der Waals surface area contributed by atoms with Gasteiger partial charge in [-0.05, 0) is 12.5 Å². The highest BCUT2D eigenvalue weighted by molar-refractivity contribution is 6.31. The first-order valence-corrected chi connectivity index (χ1v) is 5.00. The van der Waals surface area contributed by atoms with Crippen molar-refractivity contribution in [2.45, 2.75) is 19.8 Å². The molecule has 0 aromatic carbocycles. The summed E-state index contributed by atoms with van der Waals surface area (Å²) >= 11 is 5.59. The van der Waals surface area contributed by atoms with E-state index in [0.717, 1.165) is 6.20 Å². The zero-order valence-electron chi connectivity index (χ0n) is 8.54. The molecule has 1 rings (SSSR count). The maximum absolute atomic E-state index is 12.7. The van der Waals surface area contributed by atoms with Crippen LogP contribution in [0, 0.1) is 0 Å². The number of carbonyl (C=O) groups excluding carboxylic acids is 1. The second-order valence-electron chi connectivity index (χ2n) is 2.98. The van der Waals surface area contributed by atoms with E-state index in [1.165, 1.54) is 6.20 Å². The van der Waals surface area contributed by atoms with Crippen molar-refractivity contribution in [2.75, 3.05) is 6.61 Å². The standard InChI is InChI=1S/C10H10ClF2NO2/c1-2-16-8(15)3-6-4-14-5-7(11)9(6)10(12)13/h4-5,10H,2-3H2,1H3. The van der Waals surface area contributed by atoms with Gasteiger partial charge in [0, 0.05) is 18.0 Å². The van der Waals surface area contributed by atoms with E-state index < -0.39 is 12.4 Å².